The van der Waals surface area contributed by atoms with E-state index in [-0.39, 0.29) is 30.9 Å². The quantitative estimate of drug-likeness (QED) is 0.790. The Labute approximate surface area is 127 Å². The average molecular weight is 306 g/mol. The van der Waals surface area contributed by atoms with Gasteiger partial charge in [0.25, 0.3) is 0 Å². The molecule has 0 aliphatic heterocycles. The van der Waals surface area contributed by atoms with Crippen LogP contribution in [0.4, 0.5) is 0 Å². The summed E-state index contributed by atoms with van der Waals surface area (Å²) in [4.78, 5) is 15.0. The van der Waals surface area contributed by atoms with Gasteiger partial charge in [-0.05, 0) is 13.0 Å². The summed E-state index contributed by atoms with van der Waals surface area (Å²) in [7, 11) is 0. The van der Waals surface area contributed by atoms with Crippen LogP contribution in [0.15, 0.2) is 24.4 Å². The van der Waals surface area contributed by atoms with E-state index in [4.69, 9.17) is 9.47 Å². The number of aromatic nitrogens is 2. The van der Waals surface area contributed by atoms with Gasteiger partial charge in [-0.15, -0.1) is 0 Å². The fraction of sp³-hybridized carbons (Fsp3) is 0.333. The highest BCUT2D eigenvalue weighted by Gasteiger charge is 2.09. The molecule has 0 spiro atoms. The van der Waals surface area contributed by atoms with E-state index in [2.05, 4.69) is 4.98 Å². The minimum atomic E-state index is -0.369. The van der Waals surface area contributed by atoms with Crippen molar-refractivity contribution in [2.24, 2.45) is 0 Å². The van der Waals surface area contributed by atoms with Crippen molar-refractivity contribution >= 4 is 5.97 Å². The summed E-state index contributed by atoms with van der Waals surface area (Å²) >= 11 is 0. The van der Waals surface area contributed by atoms with Crippen molar-refractivity contribution in [3.63, 3.8) is 0 Å². The Hall–Kier alpha value is -2.70. The Morgan fingerprint density at radius 2 is 1.95 bits per heavy atom. The van der Waals surface area contributed by atoms with Crippen LogP contribution < -0.4 is 4.74 Å². The van der Waals surface area contributed by atoms with Gasteiger partial charge in [0.2, 0.25) is 0 Å². The number of carbonyl (C=O) groups is 1. The average Bonchev–Trinajstić information content (AvgIpc) is 2.79. The predicted molar refractivity (Wildman–Crippen MR) is 77.7 cm³/mol. The Balaban J connectivity index is 1.98. The lowest BCUT2D eigenvalue weighted by molar-refractivity contribution is -0.142. The lowest BCUT2D eigenvalue weighted by Gasteiger charge is -2.13. The second-order valence-corrected chi connectivity index (χ2v) is 4.71. The van der Waals surface area contributed by atoms with Crippen LogP contribution in [0.25, 0.3) is 0 Å². The van der Waals surface area contributed by atoms with Gasteiger partial charge in [0.1, 0.15) is 19.0 Å². The van der Waals surface area contributed by atoms with E-state index >= 15 is 0 Å². The second-order valence-electron chi connectivity index (χ2n) is 4.71. The molecule has 7 heteroatoms. The SMILES string of the molecule is CC(=O)OCc1nccc(OCCn2c(O)ccc2O)c1C. The molecule has 2 rings (SSSR count). The van der Waals surface area contributed by atoms with E-state index in [0.717, 1.165) is 5.56 Å². The normalized spacial score (nSPS) is 10.5. The molecule has 0 bridgehead atoms. The van der Waals surface area contributed by atoms with Gasteiger partial charge in [-0.1, -0.05) is 0 Å². The molecule has 0 aliphatic rings. The summed E-state index contributed by atoms with van der Waals surface area (Å²) in [5.74, 6) is 0.195. The van der Waals surface area contributed by atoms with Crippen molar-refractivity contribution < 1.29 is 24.5 Å². The first-order chi connectivity index (χ1) is 10.5. The van der Waals surface area contributed by atoms with Gasteiger partial charge in [-0.25, -0.2) is 0 Å². The van der Waals surface area contributed by atoms with Crippen molar-refractivity contribution in [3.05, 3.63) is 35.7 Å². The smallest absolute Gasteiger partial charge is 0.303 e. The Morgan fingerprint density at radius 1 is 1.27 bits per heavy atom. The van der Waals surface area contributed by atoms with Crippen LogP contribution in [0.1, 0.15) is 18.2 Å². The lowest BCUT2D eigenvalue weighted by Crippen LogP contribution is -2.09. The highest BCUT2D eigenvalue weighted by Crippen LogP contribution is 2.22. The van der Waals surface area contributed by atoms with Gasteiger partial charge in [0.15, 0.2) is 11.8 Å². The van der Waals surface area contributed by atoms with Crippen LogP contribution >= 0.6 is 0 Å². The van der Waals surface area contributed by atoms with E-state index in [1.807, 2.05) is 6.92 Å². The molecule has 2 N–H and O–H groups in total. The third-order valence-corrected chi connectivity index (χ3v) is 3.18. The molecule has 0 amide bonds. The van der Waals surface area contributed by atoms with Crippen LogP contribution in [0.3, 0.4) is 0 Å². The molecule has 0 aliphatic carbocycles. The Kier molecular flexibility index (Phi) is 4.88. The molecule has 2 aromatic rings. The molecule has 0 unspecified atom stereocenters. The van der Waals surface area contributed by atoms with Crippen LogP contribution in [-0.2, 0) is 22.7 Å². The highest BCUT2D eigenvalue weighted by molar-refractivity contribution is 5.65. The number of rotatable bonds is 6. The summed E-state index contributed by atoms with van der Waals surface area (Å²) < 4.78 is 11.9. The third-order valence-electron chi connectivity index (χ3n) is 3.18. The number of pyridine rings is 1. The van der Waals surface area contributed by atoms with E-state index in [1.165, 1.54) is 23.6 Å². The van der Waals surface area contributed by atoms with E-state index in [1.54, 1.807) is 12.3 Å². The maximum atomic E-state index is 10.8. The van der Waals surface area contributed by atoms with E-state index in [9.17, 15) is 15.0 Å². The standard InChI is InChI=1S/C15H18N2O5/c1-10-12(9-22-11(2)18)16-6-5-13(10)21-8-7-17-14(19)3-4-15(17)20/h3-6,19-20H,7-9H2,1-2H3. The van der Waals surface area contributed by atoms with Crippen LogP contribution in [-0.4, -0.2) is 32.3 Å². The van der Waals surface area contributed by atoms with E-state index < -0.39 is 0 Å². The first-order valence-electron chi connectivity index (χ1n) is 6.77. The molecule has 7 nitrogen and oxygen atoms in total. The number of hydrogen-bond acceptors (Lipinski definition) is 6. The maximum absolute atomic E-state index is 10.8. The van der Waals surface area contributed by atoms with Gasteiger partial charge < -0.3 is 19.7 Å². The van der Waals surface area contributed by atoms with E-state index in [0.29, 0.717) is 18.0 Å². The van der Waals surface area contributed by atoms with Crippen molar-refractivity contribution in [2.75, 3.05) is 6.61 Å². The van der Waals surface area contributed by atoms with Crippen LogP contribution in [0, 0.1) is 6.92 Å². The molecular weight excluding hydrogens is 288 g/mol. The third kappa shape index (κ3) is 3.69. The summed E-state index contributed by atoms with van der Waals surface area (Å²) in [5.41, 5.74) is 1.41. The summed E-state index contributed by atoms with van der Waals surface area (Å²) in [6.45, 7) is 3.81. The number of carbonyl (C=O) groups excluding carboxylic acids is 1. The zero-order valence-corrected chi connectivity index (χ0v) is 12.4. The maximum Gasteiger partial charge on any atom is 0.303 e. The molecule has 0 saturated heterocycles. The van der Waals surface area contributed by atoms with Crippen LogP contribution in [0.2, 0.25) is 0 Å². The van der Waals surface area contributed by atoms with Crippen molar-refractivity contribution in [1.82, 2.24) is 9.55 Å². The van der Waals surface area contributed by atoms with Crippen molar-refractivity contribution in [1.29, 1.82) is 0 Å². The lowest BCUT2D eigenvalue weighted by atomic mass is 10.2. The van der Waals surface area contributed by atoms with Gasteiger partial charge in [-0.2, -0.15) is 0 Å². The zero-order chi connectivity index (χ0) is 16.1. The molecule has 22 heavy (non-hydrogen) atoms. The van der Waals surface area contributed by atoms with Gasteiger partial charge >= 0.3 is 5.97 Å². The molecule has 0 radical (unpaired) electrons. The molecule has 2 heterocycles. The molecule has 0 saturated carbocycles. The fourth-order valence-corrected chi connectivity index (χ4v) is 1.95. The largest absolute Gasteiger partial charge is 0.494 e. The van der Waals surface area contributed by atoms with Gasteiger partial charge in [0, 0.05) is 30.8 Å². The zero-order valence-electron chi connectivity index (χ0n) is 12.4. The monoisotopic (exact) mass is 306 g/mol. The van der Waals surface area contributed by atoms with Crippen LogP contribution in [0.5, 0.6) is 17.5 Å². The van der Waals surface area contributed by atoms with Crippen molar-refractivity contribution in [3.8, 4) is 17.5 Å². The Bertz CT molecular complexity index is 646. The fourth-order valence-electron chi connectivity index (χ4n) is 1.95. The molecule has 2 aromatic heterocycles. The number of hydrogen-bond donors (Lipinski definition) is 2. The molecule has 118 valence electrons. The number of esters is 1. The Morgan fingerprint density at radius 3 is 2.59 bits per heavy atom. The predicted octanol–water partition coefficient (Wildman–Crippen LogP) is 1.74. The molecular formula is C15H18N2O5. The minimum Gasteiger partial charge on any atom is -0.494 e. The summed E-state index contributed by atoms with van der Waals surface area (Å²) in [6.07, 6.45) is 1.58. The number of nitrogens with zero attached hydrogens (tertiary/aromatic N) is 2. The summed E-state index contributed by atoms with van der Waals surface area (Å²) in [5, 5.41) is 19.1. The second kappa shape index (κ2) is 6.84. The first kappa shape index (κ1) is 15.7. The molecule has 0 aromatic carbocycles. The minimum absolute atomic E-state index is 0.0249. The topological polar surface area (TPSA) is 93.8 Å². The van der Waals surface area contributed by atoms with Crippen molar-refractivity contribution in [2.45, 2.75) is 27.0 Å². The number of aromatic hydroxyl groups is 2. The first-order valence-corrected chi connectivity index (χ1v) is 6.77. The highest BCUT2D eigenvalue weighted by atomic mass is 16.5. The van der Waals surface area contributed by atoms with Gasteiger partial charge in [-0.3, -0.25) is 14.3 Å². The number of ether oxygens (including phenoxy) is 2. The molecule has 0 fully saturated rings. The van der Waals surface area contributed by atoms with Gasteiger partial charge in [0.05, 0.1) is 12.2 Å². The molecule has 0 atom stereocenters. The summed E-state index contributed by atoms with van der Waals surface area (Å²) in [6, 6.07) is 4.52.